The summed E-state index contributed by atoms with van der Waals surface area (Å²) in [6.45, 7) is 6.75. The maximum absolute atomic E-state index is 12.3. The quantitative estimate of drug-likeness (QED) is 0.822. The SMILES string of the molecule is CCOC(=O)C1CC[NH+](Cc2cc(=O)n3cc(C)ccc3n2)CC1. The van der Waals surface area contributed by atoms with Crippen LogP contribution in [0.3, 0.4) is 0 Å². The molecule has 0 atom stereocenters. The van der Waals surface area contributed by atoms with Crippen molar-refractivity contribution >= 4 is 11.6 Å². The molecule has 0 bridgehead atoms. The third-order valence-corrected chi connectivity index (χ3v) is 4.60. The molecule has 3 heterocycles. The van der Waals surface area contributed by atoms with Crippen LogP contribution >= 0.6 is 0 Å². The summed E-state index contributed by atoms with van der Waals surface area (Å²) in [6.07, 6.45) is 3.48. The summed E-state index contributed by atoms with van der Waals surface area (Å²) in [5.74, 6) is -0.0548. The molecule has 0 radical (unpaired) electrons. The zero-order valence-corrected chi connectivity index (χ0v) is 14.2. The predicted molar refractivity (Wildman–Crippen MR) is 90.0 cm³/mol. The molecule has 1 aliphatic heterocycles. The molecule has 128 valence electrons. The van der Waals surface area contributed by atoms with Crippen molar-refractivity contribution in [1.82, 2.24) is 9.38 Å². The van der Waals surface area contributed by atoms with Gasteiger partial charge < -0.3 is 9.64 Å². The highest BCUT2D eigenvalue weighted by Crippen LogP contribution is 2.12. The van der Waals surface area contributed by atoms with Gasteiger partial charge >= 0.3 is 5.97 Å². The number of hydrogen-bond donors (Lipinski definition) is 1. The number of likely N-dealkylation sites (tertiary alicyclic amines) is 1. The summed E-state index contributed by atoms with van der Waals surface area (Å²) in [5.41, 5.74) is 2.49. The maximum Gasteiger partial charge on any atom is 0.309 e. The van der Waals surface area contributed by atoms with E-state index in [9.17, 15) is 9.59 Å². The molecule has 1 N–H and O–H groups in total. The zero-order valence-electron chi connectivity index (χ0n) is 14.2. The van der Waals surface area contributed by atoms with Gasteiger partial charge in [-0.2, -0.15) is 0 Å². The third kappa shape index (κ3) is 3.64. The number of aromatic nitrogens is 2. The summed E-state index contributed by atoms with van der Waals surface area (Å²) >= 11 is 0. The molecule has 2 aromatic rings. The van der Waals surface area contributed by atoms with Gasteiger partial charge in [0.1, 0.15) is 17.9 Å². The van der Waals surface area contributed by atoms with E-state index < -0.39 is 0 Å². The minimum absolute atomic E-state index is 0.0202. The van der Waals surface area contributed by atoms with Crippen LogP contribution in [-0.2, 0) is 16.1 Å². The highest BCUT2D eigenvalue weighted by molar-refractivity contribution is 5.72. The number of carbonyl (C=O) groups is 1. The van der Waals surface area contributed by atoms with Crippen LogP contribution in [-0.4, -0.2) is 35.1 Å². The van der Waals surface area contributed by atoms with Gasteiger partial charge in [0.05, 0.1) is 25.6 Å². The average Bonchev–Trinajstić information content (AvgIpc) is 2.56. The minimum atomic E-state index is -0.0750. The number of fused-ring (bicyclic) bond motifs is 1. The molecule has 3 rings (SSSR count). The first-order valence-electron chi connectivity index (χ1n) is 8.56. The largest absolute Gasteiger partial charge is 0.466 e. The number of nitrogens with zero attached hydrogens (tertiary/aromatic N) is 2. The molecule has 0 amide bonds. The highest BCUT2D eigenvalue weighted by atomic mass is 16.5. The van der Waals surface area contributed by atoms with E-state index in [1.165, 1.54) is 4.90 Å². The van der Waals surface area contributed by atoms with Crippen molar-refractivity contribution in [3.8, 4) is 0 Å². The van der Waals surface area contributed by atoms with Crippen LogP contribution in [0.4, 0.5) is 0 Å². The summed E-state index contributed by atoms with van der Waals surface area (Å²) in [4.78, 5) is 30.0. The molecule has 0 aliphatic carbocycles. The molecular formula is C18H24N3O3+. The standard InChI is InChI=1S/C18H23N3O3/c1-3-24-18(23)14-6-8-20(9-7-14)12-15-10-17(22)21-11-13(2)4-5-16(21)19-15/h4-5,10-11,14H,3,6-9,12H2,1-2H3/p+1. The lowest BCUT2D eigenvalue weighted by Crippen LogP contribution is -3.11. The number of carbonyl (C=O) groups excluding carboxylic acids is 1. The fraction of sp³-hybridized carbons (Fsp3) is 0.500. The number of pyridine rings is 1. The van der Waals surface area contributed by atoms with Gasteiger partial charge in [0.15, 0.2) is 0 Å². The van der Waals surface area contributed by atoms with Crippen LogP contribution in [0.25, 0.3) is 5.65 Å². The molecule has 6 nitrogen and oxygen atoms in total. The number of hydrogen-bond acceptors (Lipinski definition) is 4. The maximum atomic E-state index is 12.3. The van der Waals surface area contributed by atoms with Crippen LogP contribution in [0.15, 0.2) is 29.2 Å². The Hall–Kier alpha value is -2.21. The summed E-state index contributed by atoms with van der Waals surface area (Å²) < 4.78 is 6.69. The molecular weight excluding hydrogens is 306 g/mol. The Balaban J connectivity index is 1.67. The van der Waals surface area contributed by atoms with Crippen molar-refractivity contribution in [2.75, 3.05) is 19.7 Å². The molecule has 2 aromatic heterocycles. The Bertz CT molecular complexity index is 792. The molecule has 24 heavy (non-hydrogen) atoms. The van der Waals surface area contributed by atoms with Gasteiger partial charge in [-0.05, 0) is 25.5 Å². The Morgan fingerprint density at radius 2 is 2.12 bits per heavy atom. The Labute approximate surface area is 141 Å². The number of nitrogens with one attached hydrogen (secondary N) is 1. The lowest BCUT2D eigenvalue weighted by atomic mass is 9.97. The minimum Gasteiger partial charge on any atom is -0.466 e. The fourth-order valence-electron chi connectivity index (χ4n) is 3.30. The van der Waals surface area contributed by atoms with Crippen molar-refractivity contribution < 1.29 is 14.4 Å². The highest BCUT2D eigenvalue weighted by Gasteiger charge is 2.28. The van der Waals surface area contributed by atoms with E-state index in [0.717, 1.165) is 43.7 Å². The molecule has 1 aliphatic rings. The van der Waals surface area contributed by atoms with Crippen LogP contribution < -0.4 is 10.5 Å². The smallest absolute Gasteiger partial charge is 0.309 e. The van der Waals surface area contributed by atoms with Gasteiger partial charge in [-0.15, -0.1) is 0 Å². The lowest BCUT2D eigenvalue weighted by molar-refractivity contribution is -0.919. The van der Waals surface area contributed by atoms with Crippen molar-refractivity contribution in [2.45, 2.75) is 33.2 Å². The predicted octanol–water partition coefficient (Wildman–Crippen LogP) is 0.361. The number of piperidine rings is 1. The number of ether oxygens (including phenoxy) is 1. The second kappa shape index (κ2) is 7.13. The monoisotopic (exact) mass is 330 g/mol. The number of aryl methyl sites for hydroxylation is 1. The molecule has 0 unspecified atom stereocenters. The van der Waals surface area contributed by atoms with Crippen LogP contribution in [0.5, 0.6) is 0 Å². The molecule has 1 saturated heterocycles. The van der Waals surface area contributed by atoms with Gasteiger partial charge in [-0.1, -0.05) is 6.07 Å². The van der Waals surface area contributed by atoms with E-state index in [1.54, 1.807) is 10.5 Å². The summed E-state index contributed by atoms with van der Waals surface area (Å²) in [6, 6.07) is 5.46. The Morgan fingerprint density at radius 1 is 1.38 bits per heavy atom. The second-order valence-electron chi connectivity index (χ2n) is 6.47. The van der Waals surface area contributed by atoms with Gasteiger partial charge in [0.2, 0.25) is 0 Å². The van der Waals surface area contributed by atoms with Gasteiger partial charge in [-0.25, -0.2) is 4.98 Å². The molecule has 1 fully saturated rings. The Morgan fingerprint density at radius 3 is 2.83 bits per heavy atom. The molecule has 0 aromatic carbocycles. The topological polar surface area (TPSA) is 65.1 Å². The van der Waals surface area contributed by atoms with Crippen molar-refractivity contribution in [2.24, 2.45) is 5.92 Å². The first kappa shape index (κ1) is 16.6. The van der Waals surface area contributed by atoms with Crippen LogP contribution in [0.2, 0.25) is 0 Å². The second-order valence-corrected chi connectivity index (χ2v) is 6.47. The normalized spacial score (nSPS) is 20.9. The number of quaternary nitrogens is 1. The van der Waals surface area contributed by atoms with E-state index in [1.807, 2.05) is 32.2 Å². The van der Waals surface area contributed by atoms with Gasteiger partial charge in [0.25, 0.3) is 5.56 Å². The lowest BCUT2D eigenvalue weighted by Gasteiger charge is -2.27. The van der Waals surface area contributed by atoms with Gasteiger partial charge in [-0.3, -0.25) is 14.0 Å². The molecule has 0 saturated carbocycles. The summed E-state index contributed by atoms with van der Waals surface area (Å²) in [5, 5.41) is 0. The Kier molecular flexibility index (Phi) is 4.94. The average molecular weight is 330 g/mol. The van der Waals surface area contributed by atoms with Crippen LogP contribution in [0, 0.1) is 12.8 Å². The molecule has 0 spiro atoms. The first-order chi connectivity index (χ1) is 11.6. The van der Waals surface area contributed by atoms with E-state index in [-0.39, 0.29) is 17.4 Å². The number of esters is 1. The van der Waals surface area contributed by atoms with Crippen molar-refractivity contribution in [1.29, 1.82) is 0 Å². The fourth-order valence-corrected chi connectivity index (χ4v) is 3.30. The van der Waals surface area contributed by atoms with E-state index in [2.05, 4.69) is 4.98 Å². The van der Waals surface area contributed by atoms with E-state index in [0.29, 0.717) is 12.3 Å². The van der Waals surface area contributed by atoms with Crippen molar-refractivity contribution in [3.63, 3.8) is 0 Å². The molecule has 6 heteroatoms. The first-order valence-corrected chi connectivity index (χ1v) is 8.56. The van der Waals surface area contributed by atoms with E-state index in [4.69, 9.17) is 4.74 Å². The summed E-state index contributed by atoms with van der Waals surface area (Å²) in [7, 11) is 0. The number of rotatable bonds is 4. The zero-order chi connectivity index (χ0) is 17.1. The third-order valence-electron chi connectivity index (χ3n) is 4.60. The van der Waals surface area contributed by atoms with Gasteiger partial charge in [0, 0.05) is 25.1 Å². The van der Waals surface area contributed by atoms with Crippen LogP contribution in [0.1, 0.15) is 31.0 Å². The van der Waals surface area contributed by atoms with E-state index >= 15 is 0 Å². The van der Waals surface area contributed by atoms with Crippen molar-refractivity contribution in [3.05, 3.63) is 46.0 Å².